The Bertz CT molecular complexity index is 669. The number of benzene rings is 1. The van der Waals surface area contributed by atoms with Crippen LogP contribution in [0.15, 0.2) is 24.3 Å². The highest BCUT2D eigenvalue weighted by Crippen LogP contribution is 2.20. The van der Waals surface area contributed by atoms with Crippen molar-refractivity contribution in [2.75, 3.05) is 7.11 Å². The number of nitrogens with one attached hydrogen (secondary N) is 1. The summed E-state index contributed by atoms with van der Waals surface area (Å²) in [6, 6.07) is 5.63. The molecule has 2 aromatic rings. The topological polar surface area (TPSA) is 69.0 Å². The Morgan fingerprint density at radius 3 is 2.68 bits per heavy atom. The number of alkyl carbamates (subject to hydrolysis) is 1. The van der Waals surface area contributed by atoms with Gasteiger partial charge in [-0.2, -0.15) is 5.10 Å². The van der Waals surface area contributed by atoms with Crippen LogP contribution in [0.4, 0.5) is 9.18 Å². The van der Waals surface area contributed by atoms with E-state index in [2.05, 4.69) is 20.1 Å². The molecule has 2 rings (SSSR count). The molecule has 0 bridgehead atoms. The van der Waals surface area contributed by atoms with E-state index < -0.39 is 12.1 Å². The Labute approximate surface area is 128 Å². The van der Waals surface area contributed by atoms with Gasteiger partial charge in [0.05, 0.1) is 18.8 Å². The van der Waals surface area contributed by atoms with E-state index in [1.807, 2.05) is 13.8 Å². The van der Waals surface area contributed by atoms with Gasteiger partial charge in [0.2, 0.25) is 0 Å². The van der Waals surface area contributed by atoms with E-state index in [0.29, 0.717) is 17.3 Å². The fourth-order valence-corrected chi connectivity index (χ4v) is 1.96. The fraction of sp³-hybridized carbons (Fsp3) is 0.400. The number of aromatic nitrogens is 3. The maximum Gasteiger partial charge on any atom is 0.407 e. The number of methoxy groups -OCH3 is 1. The van der Waals surface area contributed by atoms with Crippen molar-refractivity contribution in [3.05, 3.63) is 41.7 Å². The number of rotatable bonds is 4. The third kappa shape index (κ3) is 3.41. The molecule has 7 heteroatoms. The molecule has 1 atom stereocenters. The van der Waals surface area contributed by atoms with Gasteiger partial charge in [0, 0.05) is 5.92 Å². The number of amides is 1. The molecule has 0 aliphatic heterocycles. The Morgan fingerprint density at radius 2 is 2.09 bits per heavy atom. The van der Waals surface area contributed by atoms with Crippen molar-refractivity contribution < 1.29 is 13.9 Å². The zero-order valence-electron chi connectivity index (χ0n) is 13.0. The van der Waals surface area contributed by atoms with Crippen molar-refractivity contribution in [2.45, 2.75) is 32.7 Å². The van der Waals surface area contributed by atoms with Crippen molar-refractivity contribution >= 4 is 6.09 Å². The summed E-state index contributed by atoms with van der Waals surface area (Å²) in [6.07, 6.45) is -0.563. The van der Waals surface area contributed by atoms with E-state index in [1.54, 1.807) is 23.7 Å². The van der Waals surface area contributed by atoms with Gasteiger partial charge in [-0.3, -0.25) is 0 Å². The average Bonchev–Trinajstić information content (AvgIpc) is 2.92. The lowest BCUT2D eigenvalue weighted by Crippen LogP contribution is -2.28. The van der Waals surface area contributed by atoms with Gasteiger partial charge < -0.3 is 10.1 Å². The van der Waals surface area contributed by atoms with Gasteiger partial charge in [0.1, 0.15) is 5.82 Å². The molecule has 118 valence electrons. The highest BCUT2D eigenvalue weighted by atomic mass is 19.1. The van der Waals surface area contributed by atoms with Crippen LogP contribution in [-0.2, 0) is 4.74 Å². The third-order valence-corrected chi connectivity index (χ3v) is 3.12. The average molecular weight is 306 g/mol. The number of hydrogen-bond acceptors (Lipinski definition) is 4. The van der Waals surface area contributed by atoms with Crippen molar-refractivity contribution in [3.63, 3.8) is 0 Å². The minimum atomic E-state index is -0.563. The molecule has 0 saturated heterocycles. The Balaban J connectivity index is 2.45. The lowest BCUT2D eigenvalue weighted by molar-refractivity contribution is 0.167. The second kappa shape index (κ2) is 6.55. The molecule has 1 aromatic heterocycles. The summed E-state index contributed by atoms with van der Waals surface area (Å²) in [4.78, 5) is 15.8. The van der Waals surface area contributed by atoms with Gasteiger partial charge in [0.25, 0.3) is 0 Å². The quantitative estimate of drug-likeness (QED) is 0.943. The molecule has 0 radical (unpaired) electrons. The number of ether oxygens (including phenoxy) is 1. The first-order valence-corrected chi connectivity index (χ1v) is 6.99. The highest BCUT2D eigenvalue weighted by molar-refractivity contribution is 5.67. The van der Waals surface area contributed by atoms with Crippen LogP contribution in [0.1, 0.15) is 44.4 Å². The minimum absolute atomic E-state index is 0.110. The molecule has 6 nitrogen and oxygen atoms in total. The van der Waals surface area contributed by atoms with Crippen LogP contribution >= 0.6 is 0 Å². The maximum absolute atomic E-state index is 13.5. The summed E-state index contributed by atoms with van der Waals surface area (Å²) in [5.74, 6) is 0.884. The van der Waals surface area contributed by atoms with Crippen LogP contribution in [-0.4, -0.2) is 28.0 Å². The van der Waals surface area contributed by atoms with E-state index in [0.717, 1.165) is 0 Å². The van der Waals surface area contributed by atoms with Crippen molar-refractivity contribution in [1.82, 2.24) is 20.1 Å². The van der Waals surface area contributed by atoms with E-state index in [1.165, 1.54) is 19.2 Å². The SMILES string of the molecule is COC(=O)NC(C)c1nc(C(C)C)nn1-c1cccc(F)c1. The van der Waals surface area contributed by atoms with Crippen molar-refractivity contribution in [3.8, 4) is 5.69 Å². The first-order chi connectivity index (χ1) is 10.4. The van der Waals surface area contributed by atoms with Gasteiger partial charge in [0.15, 0.2) is 11.6 Å². The minimum Gasteiger partial charge on any atom is -0.453 e. The molecule has 1 aromatic carbocycles. The van der Waals surface area contributed by atoms with Gasteiger partial charge in [-0.15, -0.1) is 0 Å². The zero-order chi connectivity index (χ0) is 16.3. The van der Waals surface area contributed by atoms with Crippen molar-refractivity contribution in [2.24, 2.45) is 0 Å². The third-order valence-electron chi connectivity index (χ3n) is 3.12. The molecule has 0 saturated carbocycles. The molecule has 22 heavy (non-hydrogen) atoms. The summed E-state index contributed by atoms with van der Waals surface area (Å²) >= 11 is 0. The van der Waals surface area contributed by atoms with Crippen LogP contribution in [0.2, 0.25) is 0 Å². The van der Waals surface area contributed by atoms with E-state index in [9.17, 15) is 9.18 Å². The van der Waals surface area contributed by atoms with Crippen LogP contribution in [0, 0.1) is 5.82 Å². The molecule has 0 aliphatic carbocycles. The zero-order valence-corrected chi connectivity index (χ0v) is 13.0. The second-order valence-electron chi connectivity index (χ2n) is 5.23. The first-order valence-electron chi connectivity index (χ1n) is 6.99. The first kappa shape index (κ1) is 15.9. The predicted octanol–water partition coefficient (Wildman–Crippen LogP) is 2.95. The summed E-state index contributed by atoms with van der Waals surface area (Å²) in [7, 11) is 1.29. The summed E-state index contributed by atoms with van der Waals surface area (Å²) in [6.45, 7) is 5.70. The lowest BCUT2D eigenvalue weighted by atomic mass is 10.2. The van der Waals surface area contributed by atoms with Gasteiger partial charge in [-0.05, 0) is 25.1 Å². The summed E-state index contributed by atoms with van der Waals surface area (Å²) in [5, 5.41) is 7.07. The maximum atomic E-state index is 13.5. The largest absolute Gasteiger partial charge is 0.453 e. The summed E-state index contributed by atoms with van der Waals surface area (Å²) < 4.78 is 19.6. The predicted molar refractivity (Wildman–Crippen MR) is 79.4 cm³/mol. The number of halogens is 1. The van der Waals surface area contributed by atoms with Gasteiger partial charge >= 0.3 is 6.09 Å². The van der Waals surface area contributed by atoms with Crippen molar-refractivity contribution in [1.29, 1.82) is 0 Å². The van der Waals surface area contributed by atoms with Crippen LogP contribution in [0.5, 0.6) is 0 Å². The smallest absolute Gasteiger partial charge is 0.407 e. The van der Waals surface area contributed by atoms with E-state index >= 15 is 0 Å². The second-order valence-corrected chi connectivity index (χ2v) is 5.23. The van der Waals surface area contributed by atoms with Crippen LogP contribution in [0.3, 0.4) is 0 Å². The molecule has 1 unspecified atom stereocenters. The molecule has 1 N–H and O–H groups in total. The Hall–Kier alpha value is -2.44. The molecular weight excluding hydrogens is 287 g/mol. The molecular formula is C15H19FN4O2. The molecule has 0 spiro atoms. The van der Waals surface area contributed by atoms with Crippen LogP contribution < -0.4 is 5.32 Å². The molecule has 1 amide bonds. The summed E-state index contributed by atoms with van der Waals surface area (Å²) in [5.41, 5.74) is 0.549. The van der Waals surface area contributed by atoms with Crippen LogP contribution in [0.25, 0.3) is 5.69 Å². The fourth-order valence-electron chi connectivity index (χ4n) is 1.96. The molecule has 0 fully saturated rings. The lowest BCUT2D eigenvalue weighted by Gasteiger charge is -2.13. The number of hydrogen-bond donors (Lipinski definition) is 1. The number of carbonyl (C=O) groups is 1. The standard InChI is InChI=1S/C15H19FN4O2/c1-9(2)13-18-14(10(3)17-15(21)22-4)20(19-13)12-7-5-6-11(16)8-12/h5-10H,1-4H3,(H,17,21). The van der Waals surface area contributed by atoms with Gasteiger partial charge in [-0.1, -0.05) is 19.9 Å². The number of carbonyl (C=O) groups excluding carboxylic acids is 1. The van der Waals surface area contributed by atoms with E-state index in [4.69, 9.17) is 0 Å². The van der Waals surface area contributed by atoms with Gasteiger partial charge in [-0.25, -0.2) is 18.9 Å². The number of nitrogens with zero attached hydrogens (tertiary/aromatic N) is 3. The molecule has 0 aliphatic rings. The van der Waals surface area contributed by atoms with E-state index in [-0.39, 0.29) is 11.7 Å². The monoisotopic (exact) mass is 306 g/mol. The Morgan fingerprint density at radius 1 is 1.36 bits per heavy atom. The highest BCUT2D eigenvalue weighted by Gasteiger charge is 2.21. The Kier molecular flexibility index (Phi) is 4.75. The normalized spacial score (nSPS) is 12.3. The molecule has 1 heterocycles.